The largest absolute Gasteiger partial charge is 0.464 e. The van der Waals surface area contributed by atoms with Gasteiger partial charge in [-0.25, -0.2) is 4.79 Å². The minimum absolute atomic E-state index is 0.108. The lowest BCUT2D eigenvalue weighted by atomic mass is 9.45. The van der Waals surface area contributed by atoms with Crippen LogP contribution in [-0.2, 0) is 47.6 Å². The zero-order valence-electron chi connectivity index (χ0n) is 29.7. The molecule has 2 saturated carbocycles. The molecule has 13 nitrogen and oxygen atoms in total. The van der Waals surface area contributed by atoms with Crippen molar-refractivity contribution in [2.24, 2.45) is 23.2 Å². The topological polar surface area (TPSA) is 181 Å². The average Bonchev–Trinajstić information content (AvgIpc) is 3.21. The molecule has 272 valence electrons. The number of aliphatic hydroxyl groups is 2. The molecule has 3 aliphatic rings. The Labute approximate surface area is 286 Å². The van der Waals surface area contributed by atoms with Crippen LogP contribution in [0.1, 0.15) is 91.9 Å². The van der Waals surface area contributed by atoms with E-state index in [1.165, 1.54) is 19.1 Å². The van der Waals surface area contributed by atoms with E-state index in [9.17, 15) is 34.2 Å². The fourth-order valence-corrected chi connectivity index (χ4v) is 8.03. The number of fused-ring (bicyclic) bond motifs is 1. The third kappa shape index (κ3) is 6.45. The summed E-state index contributed by atoms with van der Waals surface area (Å²) in [6.07, 6.45) is -7.59. The average molecular weight is 691 g/mol. The molecule has 2 unspecified atom stereocenters. The van der Waals surface area contributed by atoms with E-state index in [0.29, 0.717) is 12.8 Å². The lowest BCUT2D eigenvalue weighted by molar-refractivity contribution is -0.363. The van der Waals surface area contributed by atoms with E-state index in [-0.39, 0.29) is 5.56 Å². The first-order chi connectivity index (χ1) is 22.8. The van der Waals surface area contributed by atoms with Crippen LogP contribution in [0.5, 0.6) is 0 Å². The quantitative estimate of drug-likeness (QED) is 0.255. The predicted octanol–water partition coefficient (Wildman–Crippen LogP) is 3.30. The summed E-state index contributed by atoms with van der Waals surface area (Å²) < 4.78 is 36.9. The van der Waals surface area contributed by atoms with Crippen molar-refractivity contribution in [3.05, 3.63) is 35.9 Å². The van der Waals surface area contributed by atoms with E-state index in [2.05, 4.69) is 0 Å². The number of rotatable bonds is 11. The van der Waals surface area contributed by atoms with Gasteiger partial charge < -0.3 is 38.6 Å². The van der Waals surface area contributed by atoms with Gasteiger partial charge in [0.1, 0.15) is 29.8 Å². The van der Waals surface area contributed by atoms with Crippen molar-refractivity contribution in [1.82, 2.24) is 0 Å². The Hall–Kier alpha value is -3.55. The molecule has 1 heterocycles. The molecule has 49 heavy (non-hydrogen) atoms. The first-order valence-electron chi connectivity index (χ1n) is 16.9. The number of benzene rings is 1. The summed E-state index contributed by atoms with van der Waals surface area (Å²) in [6, 6.07) is 7.94. The molecule has 1 spiro atoms. The monoisotopic (exact) mass is 690 g/mol. The first kappa shape index (κ1) is 38.3. The predicted molar refractivity (Wildman–Crippen MR) is 172 cm³/mol. The lowest BCUT2D eigenvalue weighted by Gasteiger charge is -2.66. The van der Waals surface area contributed by atoms with Gasteiger partial charge in [-0.1, -0.05) is 45.9 Å². The zero-order valence-corrected chi connectivity index (χ0v) is 29.7. The van der Waals surface area contributed by atoms with Gasteiger partial charge >= 0.3 is 29.8 Å². The smallest absolute Gasteiger partial charge is 0.338 e. The Bertz CT molecular complexity index is 1420. The molecule has 0 aromatic heterocycles. The highest BCUT2D eigenvalue weighted by molar-refractivity contribution is 5.89. The van der Waals surface area contributed by atoms with E-state index in [1.54, 1.807) is 59.7 Å². The number of aliphatic hydroxyl groups excluding tert-OH is 1. The number of esters is 5. The SMILES string of the molecule is CCC(C)C(=O)OC[C@]12[C@H](OC(=O)c3ccccc3)[C@@H](OC(=O)C(C)CC)[C@@H]3[C@@H](O)[C@]1(OC3(C)C)[C@@](C)(O)C[C@H](OC(C)=O)[C@@H]2OC(C)=O. The molecule has 13 heteroatoms. The summed E-state index contributed by atoms with van der Waals surface area (Å²) in [6.45, 7) is 13.0. The molecule has 2 bridgehead atoms. The van der Waals surface area contributed by atoms with E-state index in [4.69, 9.17) is 28.4 Å². The zero-order chi connectivity index (χ0) is 36.7. The van der Waals surface area contributed by atoms with Crippen molar-refractivity contribution in [2.75, 3.05) is 6.61 Å². The maximum atomic E-state index is 14.0. The highest BCUT2D eigenvalue weighted by Gasteiger charge is 2.88. The van der Waals surface area contributed by atoms with Crippen molar-refractivity contribution in [3.8, 4) is 0 Å². The van der Waals surface area contributed by atoms with Crippen LogP contribution in [0.3, 0.4) is 0 Å². The summed E-state index contributed by atoms with van der Waals surface area (Å²) >= 11 is 0. The van der Waals surface area contributed by atoms with Crippen molar-refractivity contribution >= 4 is 29.8 Å². The number of ether oxygens (including phenoxy) is 6. The molecule has 11 atom stereocenters. The third-order valence-electron chi connectivity index (χ3n) is 10.7. The Morgan fingerprint density at radius 2 is 1.43 bits per heavy atom. The molecule has 2 N–H and O–H groups in total. The van der Waals surface area contributed by atoms with Gasteiger partial charge in [-0.15, -0.1) is 0 Å². The first-order valence-corrected chi connectivity index (χ1v) is 16.9. The minimum atomic E-state index is -2.24. The molecule has 0 amide bonds. The number of carbonyl (C=O) groups is 5. The summed E-state index contributed by atoms with van der Waals surface area (Å²) in [5.74, 6) is -6.25. The molecule has 1 aliphatic heterocycles. The maximum Gasteiger partial charge on any atom is 0.338 e. The molecule has 3 fully saturated rings. The highest BCUT2D eigenvalue weighted by atomic mass is 16.6. The van der Waals surface area contributed by atoms with Crippen molar-refractivity contribution in [3.63, 3.8) is 0 Å². The molecule has 1 saturated heterocycles. The van der Waals surface area contributed by atoms with Crippen molar-refractivity contribution < 1.29 is 62.6 Å². The van der Waals surface area contributed by atoms with Gasteiger partial charge in [-0.3, -0.25) is 19.2 Å². The van der Waals surface area contributed by atoms with E-state index in [1.807, 2.05) is 0 Å². The highest BCUT2D eigenvalue weighted by Crippen LogP contribution is 2.69. The van der Waals surface area contributed by atoms with Gasteiger partial charge in [0.15, 0.2) is 12.2 Å². The van der Waals surface area contributed by atoms with Gasteiger partial charge in [0.05, 0.1) is 40.6 Å². The number of hydrogen-bond acceptors (Lipinski definition) is 13. The summed E-state index contributed by atoms with van der Waals surface area (Å²) in [4.78, 5) is 66.5. The molecule has 4 rings (SSSR count). The van der Waals surface area contributed by atoms with E-state index < -0.39 is 113 Å². The van der Waals surface area contributed by atoms with E-state index >= 15 is 0 Å². The molecule has 1 aromatic carbocycles. The van der Waals surface area contributed by atoms with Gasteiger partial charge in [-0.05, 0) is 45.7 Å². The standard InChI is InChI=1S/C36H50O13/c1-10-19(3)30(40)44-18-35-28(46-22(6)38)24(45-21(5)37)17-34(9,43)36(35)27(39)25(33(7,8)49-36)26(47-31(41)20(4)11-2)29(35)48-32(42)23-15-13-12-14-16-23/h12-16,19-20,24-29,39,43H,10-11,17-18H2,1-9H3/t19?,20?,24-,25+,26-,27+,28-,29+,34-,35-,36-/m0/s1. The van der Waals surface area contributed by atoms with Crippen LogP contribution < -0.4 is 0 Å². The normalized spacial score (nSPS) is 35.6. The molecular formula is C36H50O13. The van der Waals surface area contributed by atoms with Gasteiger partial charge in [0.25, 0.3) is 0 Å². The van der Waals surface area contributed by atoms with Gasteiger partial charge in [-0.2, -0.15) is 0 Å². The van der Waals surface area contributed by atoms with Crippen molar-refractivity contribution in [1.29, 1.82) is 0 Å². The Morgan fingerprint density at radius 3 is 1.98 bits per heavy atom. The maximum absolute atomic E-state index is 14.0. The van der Waals surface area contributed by atoms with Crippen LogP contribution in [0.4, 0.5) is 0 Å². The third-order valence-corrected chi connectivity index (χ3v) is 10.7. The second-order valence-corrected chi connectivity index (χ2v) is 14.4. The van der Waals surface area contributed by atoms with Crippen molar-refractivity contribution in [2.45, 2.75) is 129 Å². The van der Waals surface area contributed by atoms with Crippen LogP contribution in [0.15, 0.2) is 30.3 Å². The number of hydrogen-bond donors (Lipinski definition) is 2. The minimum Gasteiger partial charge on any atom is -0.464 e. The summed E-state index contributed by atoms with van der Waals surface area (Å²) in [5, 5.41) is 25.0. The molecule has 2 aliphatic carbocycles. The second kappa shape index (κ2) is 14.0. The van der Waals surface area contributed by atoms with Crippen LogP contribution in [0, 0.1) is 23.2 Å². The fraction of sp³-hybridized carbons (Fsp3) is 0.694. The van der Waals surface area contributed by atoms with Crippen LogP contribution in [0.2, 0.25) is 0 Å². The lowest BCUT2D eigenvalue weighted by Crippen LogP contribution is -2.85. The Morgan fingerprint density at radius 1 is 0.857 bits per heavy atom. The van der Waals surface area contributed by atoms with Gasteiger partial charge in [0, 0.05) is 20.3 Å². The second-order valence-electron chi connectivity index (χ2n) is 14.4. The molecular weight excluding hydrogens is 640 g/mol. The number of carbonyl (C=O) groups excluding carboxylic acids is 5. The Balaban J connectivity index is 2.13. The summed E-state index contributed by atoms with van der Waals surface area (Å²) in [7, 11) is 0. The molecule has 1 aromatic rings. The van der Waals surface area contributed by atoms with Crippen LogP contribution in [-0.4, -0.2) is 94.0 Å². The van der Waals surface area contributed by atoms with E-state index in [0.717, 1.165) is 13.8 Å². The fourth-order valence-electron chi connectivity index (χ4n) is 8.03. The Kier molecular flexibility index (Phi) is 10.9. The summed E-state index contributed by atoms with van der Waals surface area (Å²) in [5.41, 5.74) is -7.86. The van der Waals surface area contributed by atoms with Gasteiger partial charge in [0.2, 0.25) is 0 Å². The van der Waals surface area contributed by atoms with Crippen LogP contribution >= 0.6 is 0 Å². The molecule has 0 radical (unpaired) electrons. The van der Waals surface area contributed by atoms with Crippen LogP contribution in [0.25, 0.3) is 0 Å².